The second kappa shape index (κ2) is 9.17. The number of carbonyl (C=O) groups is 1. The molecular formula is C24H29N3O5S. The lowest BCUT2D eigenvalue weighted by atomic mass is 9.98. The summed E-state index contributed by atoms with van der Waals surface area (Å²) in [6.45, 7) is 3.95. The summed E-state index contributed by atoms with van der Waals surface area (Å²) in [6, 6.07) is 10.9. The van der Waals surface area contributed by atoms with Gasteiger partial charge in [0.25, 0.3) is 0 Å². The summed E-state index contributed by atoms with van der Waals surface area (Å²) < 4.78 is 31.8. The first-order valence-corrected chi connectivity index (χ1v) is 12.7. The zero-order chi connectivity index (χ0) is 23.8. The van der Waals surface area contributed by atoms with Crippen LogP contribution in [0.4, 0.5) is 0 Å². The van der Waals surface area contributed by atoms with E-state index in [2.05, 4.69) is 9.88 Å². The Labute approximate surface area is 193 Å². The van der Waals surface area contributed by atoms with Crippen molar-refractivity contribution < 1.29 is 23.1 Å². The number of hydrogen-bond acceptors (Lipinski definition) is 5. The Morgan fingerprint density at radius 2 is 1.91 bits per heavy atom. The Balaban J connectivity index is 1.74. The number of aromatic amines is 1. The van der Waals surface area contributed by atoms with Crippen LogP contribution in [0.2, 0.25) is 0 Å². The van der Waals surface area contributed by atoms with Crippen LogP contribution in [-0.2, 0) is 16.6 Å². The molecule has 1 unspecified atom stereocenters. The van der Waals surface area contributed by atoms with Gasteiger partial charge in [-0.05, 0) is 48.7 Å². The molecule has 1 aliphatic heterocycles. The van der Waals surface area contributed by atoms with Gasteiger partial charge in [-0.3, -0.25) is 4.90 Å². The molecule has 1 aliphatic rings. The molecule has 176 valence electrons. The van der Waals surface area contributed by atoms with Crippen LogP contribution < -0.4 is 4.74 Å². The van der Waals surface area contributed by atoms with E-state index in [1.54, 1.807) is 19.2 Å². The zero-order valence-corrected chi connectivity index (χ0v) is 19.9. The van der Waals surface area contributed by atoms with E-state index < -0.39 is 16.0 Å². The van der Waals surface area contributed by atoms with Crippen LogP contribution in [0.25, 0.3) is 10.9 Å². The second-order valence-corrected chi connectivity index (χ2v) is 10.5. The molecule has 2 N–H and O–H groups in total. The van der Waals surface area contributed by atoms with Crippen molar-refractivity contribution in [3.05, 3.63) is 64.8 Å². The summed E-state index contributed by atoms with van der Waals surface area (Å²) >= 11 is 0. The number of nitrogens with zero attached hydrogens (tertiary/aromatic N) is 2. The molecule has 4 rings (SSSR count). The molecule has 1 saturated heterocycles. The number of nitrogens with one attached hydrogen (secondary N) is 1. The Bertz CT molecular complexity index is 1270. The first kappa shape index (κ1) is 23.3. The third-order valence-electron chi connectivity index (χ3n) is 6.43. The molecule has 2 heterocycles. The topological polar surface area (TPSA) is 103 Å². The minimum Gasteiger partial charge on any atom is -0.496 e. The number of H-pyrrole nitrogens is 1. The van der Waals surface area contributed by atoms with Gasteiger partial charge in [0.05, 0.1) is 18.9 Å². The number of ether oxygens (including phenoxy) is 1. The van der Waals surface area contributed by atoms with E-state index in [1.165, 1.54) is 10.6 Å². The molecule has 0 bridgehead atoms. The maximum Gasteiger partial charge on any atom is 0.335 e. The average molecular weight is 472 g/mol. The van der Waals surface area contributed by atoms with Crippen molar-refractivity contribution in [1.82, 2.24) is 14.2 Å². The number of benzene rings is 2. The number of sulfonamides is 1. The number of hydrogen-bond donors (Lipinski definition) is 2. The molecule has 33 heavy (non-hydrogen) atoms. The molecule has 0 spiro atoms. The minimum absolute atomic E-state index is 0.0698. The van der Waals surface area contributed by atoms with E-state index >= 15 is 0 Å². The van der Waals surface area contributed by atoms with Gasteiger partial charge in [-0.2, -0.15) is 0 Å². The summed E-state index contributed by atoms with van der Waals surface area (Å²) in [5.74, 6) is -0.175. The smallest absolute Gasteiger partial charge is 0.335 e. The van der Waals surface area contributed by atoms with E-state index in [0.29, 0.717) is 32.6 Å². The maximum absolute atomic E-state index is 12.3. The summed E-state index contributed by atoms with van der Waals surface area (Å²) in [4.78, 5) is 16.9. The van der Waals surface area contributed by atoms with Crippen molar-refractivity contribution in [1.29, 1.82) is 0 Å². The maximum atomic E-state index is 12.3. The van der Waals surface area contributed by atoms with E-state index in [1.807, 2.05) is 37.4 Å². The summed E-state index contributed by atoms with van der Waals surface area (Å²) in [6.07, 6.45) is 3.76. The molecular weight excluding hydrogens is 442 g/mol. The van der Waals surface area contributed by atoms with Gasteiger partial charge >= 0.3 is 5.97 Å². The summed E-state index contributed by atoms with van der Waals surface area (Å²) in [5, 5.41) is 10.3. The number of carboxylic acids is 1. The Kier molecular flexibility index (Phi) is 6.47. The Morgan fingerprint density at radius 1 is 1.18 bits per heavy atom. The molecule has 1 atom stereocenters. The van der Waals surface area contributed by atoms with E-state index in [-0.39, 0.29) is 11.6 Å². The number of carboxylic acid groups (broad SMARTS) is 1. The number of methoxy groups -OCH3 is 1. The van der Waals surface area contributed by atoms with Gasteiger partial charge in [-0.1, -0.05) is 12.1 Å². The monoisotopic (exact) mass is 471 g/mol. The van der Waals surface area contributed by atoms with Crippen molar-refractivity contribution in [2.75, 3.05) is 33.0 Å². The Morgan fingerprint density at radius 3 is 2.55 bits per heavy atom. The highest BCUT2D eigenvalue weighted by Gasteiger charge is 2.30. The molecule has 0 aliphatic carbocycles. The molecule has 1 aromatic heterocycles. The fourth-order valence-corrected chi connectivity index (χ4v) is 5.54. The normalized spacial score (nSPS) is 18.3. The van der Waals surface area contributed by atoms with Crippen LogP contribution in [0.15, 0.2) is 42.6 Å². The number of aryl methyl sites for hydroxylation is 1. The van der Waals surface area contributed by atoms with Gasteiger partial charge < -0.3 is 14.8 Å². The van der Waals surface area contributed by atoms with Crippen LogP contribution in [-0.4, -0.2) is 66.7 Å². The van der Waals surface area contributed by atoms with E-state index in [0.717, 1.165) is 33.3 Å². The van der Waals surface area contributed by atoms with Crippen LogP contribution in [0.3, 0.4) is 0 Å². The lowest BCUT2D eigenvalue weighted by Crippen LogP contribution is -2.34. The number of aromatic nitrogens is 1. The van der Waals surface area contributed by atoms with Gasteiger partial charge in [-0.15, -0.1) is 0 Å². The minimum atomic E-state index is -3.31. The van der Waals surface area contributed by atoms with Crippen molar-refractivity contribution in [2.45, 2.75) is 25.9 Å². The highest BCUT2D eigenvalue weighted by Crippen LogP contribution is 2.35. The summed E-state index contributed by atoms with van der Waals surface area (Å²) in [5.41, 5.74) is 4.38. The van der Waals surface area contributed by atoms with E-state index in [9.17, 15) is 18.3 Å². The largest absolute Gasteiger partial charge is 0.496 e. The molecule has 1 fully saturated rings. The van der Waals surface area contributed by atoms with Gasteiger partial charge in [0.2, 0.25) is 10.0 Å². The Hall–Kier alpha value is -2.88. The predicted molar refractivity (Wildman–Crippen MR) is 127 cm³/mol. The molecule has 9 heteroatoms. The van der Waals surface area contributed by atoms with Gasteiger partial charge in [0.15, 0.2) is 0 Å². The van der Waals surface area contributed by atoms with Crippen molar-refractivity contribution in [3.63, 3.8) is 0 Å². The number of aromatic carboxylic acids is 1. The highest BCUT2D eigenvalue weighted by atomic mass is 32.2. The fraction of sp³-hybridized carbons (Fsp3) is 0.375. The van der Waals surface area contributed by atoms with Crippen LogP contribution in [0.1, 0.15) is 39.5 Å². The summed E-state index contributed by atoms with van der Waals surface area (Å²) in [7, 11) is -1.65. The molecule has 0 saturated carbocycles. The molecule has 3 aromatic rings. The quantitative estimate of drug-likeness (QED) is 0.571. The predicted octanol–water partition coefficient (Wildman–Crippen LogP) is 3.39. The first-order valence-electron chi connectivity index (χ1n) is 10.8. The average Bonchev–Trinajstić information content (AvgIpc) is 3.17. The molecule has 0 radical (unpaired) electrons. The third kappa shape index (κ3) is 4.75. The van der Waals surface area contributed by atoms with Crippen molar-refractivity contribution in [2.24, 2.45) is 0 Å². The van der Waals surface area contributed by atoms with Crippen molar-refractivity contribution in [3.8, 4) is 5.75 Å². The number of rotatable bonds is 6. The fourth-order valence-electron chi connectivity index (χ4n) is 4.69. The molecule has 2 aromatic carbocycles. The van der Waals surface area contributed by atoms with Crippen LogP contribution in [0, 0.1) is 6.92 Å². The third-order valence-corrected chi connectivity index (χ3v) is 7.74. The lowest BCUT2D eigenvalue weighted by Gasteiger charge is -2.31. The van der Waals surface area contributed by atoms with E-state index in [4.69, 9.17) is 4.74 Å². The van der Waals surface area contributed by atoms with Gasteiger partial charge in [0.1, 0.15) is 5.75 Å². The first-order chi connectivity index (χ1) is 15.7. The molecule has 8 nitrogen and oxygen atoms in total. The highest BCUT2D eigenvalue weighted by molar-refractivity contribution is 7.88. The molecule has 0 amide bonds. The lowest BCUT2D eigenvalue weighted by molar-refractivity contribution is 0.0696. The van der Waals surface area contributed by atoms with Crippen molar-refractivity contribution >= 4 is 26.9 Å². The zero-order valence-electron chi connectivity index (χ0n) is 19.0. The SMILES string of the molecule is COc1cc(C)c2[nH]ccc2c1CN1CCN(S(C)(=O)=O)CCC1c1ccc(C(=O)O)cc1. The number of fused-ring (bicyclic) bond motifs is 1. The van der Waals surface area contributed by atoms with Gasteiger partial charge in [0, 0.05) is 54.9 Å². The van der Waals surface area contributed by atoms with Crippen LogP contribution in [0.5, 0.6) is 5.75 Å². The second-order valence-electron chi connectivity index (χ2n) is 8.50. The van der Waals surface area contributed by atoms with Crippen LogP contribution >= 0.6 is 0 Å². The van der Waals surface area contributed by atoms with Gasteiger partial charge in [-0.25, -0.2) is 17.5 Å². The standard InChI is InChI=1S/C24H29N3O5S/c1-16-14-22(32-2)20(19-8-10-25-23(16)19)15-26-12-13-27(33(3,30)31)11-9-21(26)17-4-6-18(7-5-17)24(28)29/h4-8,10,14,21,25H,9,11-13,15H2,1-3H3,(H,28,29).